The summed E-state index contributed by atoms with van der Waals surface area (Å²) in [6.45, 7) is 2.95. The van der Waals surface area contributed by atoms with Gasteiger partial charge in [0.25, 0.3) is 0 Å². The van der Waals surface area contributed by atoms with Crippen LogP contribution in [0.25, 0.3) is 10.4 Å². The van der Waals surface area contributed by atoms with Crippen molar-refractivity contribution in [3.8, 4) is 11.5 Å². The summed E-state index contributed by atoms with van der Waals surface area (Å²) in [6.07, 6.45) is 0. The van der Waals surface area contributed by atoms with Crippen LogP contribution in [0, 0.1) is 0 Å². The van der Waals surface area contributed by atoms with Gasteiger partial charge in [-0.05, 0) is 11.6 Å². The number of rotatable bonds is 4. The summed E-state index contributed by atoms with van der Waals surface area (Å²) >= 11 is 0. The van der Waals surface area contributed by atoms with Crippen molar-refractivity contribution in [1.29, 1.82) is 0 Å². The fourth-order valence-corrected chi connectivity index (χ4v) is 2.04. The summed E-state index contributed by atoms with van der Waals surface area (Å²) < 4.78 is 15.9. The predicted molar refractivity (Wildman–Crippen MR) is 71.4 cm³/mol. The van der Waals surface area contributed by atoms with Crippen LogP contribution in [0.5, 0.6) is 11.5 Å². The van der Waals surface area contributed by atoms with Gasteiger partial charge in [0.1, 0.15) is 11.5 Å². The van der Waals surface area contributed by atoms with Crippen LogP contribution in [0.4, 0.5) is 11.4 Å². The third-order valence-corrected chi connectivity index (χ3v) is 2.98. The fourth-order valence-electron chi connectivity index (χ4n) is 2.04. The summed E-state index contributed by atoms with van der Waals surface area (Å²) in [5.74, 6) is 1.19. The van der Waals surface area contributed by atoms with Crippen molar-refractivity contribution in [2.45, 2.75) is 0 Å². The Hall–Kier alpha value is -2.11. The number of morpholine rings is 1. The Morgan fingerprint density at radius 2 is 1.89 bits per heavy atom. The molecule has 0 amide bonds. The third kappa shape index (κ3) is 2.83. The normalized spacial score (nSPS) is 14.7. The highest BCUT2D eigenvalue weighted by Gasteiger charge is 2.18. The average molecular weight is 264 g/mol. The summed E-state index contributed by atoms with van der Waals surface area (Å²) in [7, 11) is 3.13. The van der Waals surface area contributed by atoms with E-state index in [0.717, 1.165) is 18.8 Å². The van der Waals surface area contributed by atoms with E-state index in [-0.39, 0.29) is 0 Å². The Morgan fingerprint density at radius 3 is 2.47 bits per heavy atom. The minimum atomic E-state index is 0.416. The minimum absolute atomic E-state index is 0.416. The van der Waals surface area contributed by atoms with Crippen LogP contribution in [0.3, 0.4) is 0 Å². The van der Waals surface area contributed by atoms with Gasteiger partial charge in [-0.2, -0.15) is 0 Å². The van der Waals surface area contributed by atoms with Crippen molar-refractivity contribution in [3.05, 3.63) is 22.6 Å². The molecule has 0 unspecified atom stereocenters. The fraction of sp³-hybridized carbons (Fsp3) is 0.500. The van der Waals surface area contributed by atoms with E-state index >= 15 is 0 Å². The van der Waals surface area contributed by atoms with E-state index in [0.29, 0.717) is 30.4 Å². The number of benzene rings is 1. The van der Waals surface area contributed by atoms with E-state index in [1.54, 1.807) is 20.3 Å². The monoisotopic (exact) mass is 264 g/mol. The molecule has 1 aliphatic rings. The molecule has 0 aromatic heterocycles. The summed E-state index contributed by atoms with van der Waals surface area (Å²) in [6, 6.07) is 3.51. The van der Waals surface area contributed by atoms with E-state index in [2.05, 4.69) is 14.9 Å². The molecule has 2 rings (SSSR count). The first kappa shape index (κ1) is 13.3. The van der Waals surface area contributed by atoms with Crippen LogP contribution in [-0.2, 0) is 4.74 Å². The van der Waals surface area contributed by atoms with Gasteiger partial charge >= 0.3 is 0 Å². The number of hydrogen-bond acceptors (Lipinski definition) is 5. The van der Waals surface area contributed by atoms with Gasteiger partial charge in [-0.1, -0.05) is 5.11 Å². The van der Waals surface area contributed by atoms with E-state index in [1.165, 1.54) is 0 Å². The molecule has 0 saturated carbocycles. The average Bonchev–Trinajstić information content (AvgIpc) is 2.48. The molecular formula is C12H16N4O3. The first-order valence-corrected chi connectivity index (χ1v) is 5.94. The summed E-state index contributed by atoms with van der Waals surface area (Å²) in [4.78, 5) is 4.95. The van der Waals surface area contributed by atoms with E-state index < -0.39 is 0 Å². The third-order valence-electron chi connectivity index (χ3n) is 2.98. The number of azide groups is 1. The zero-order valence-electron chi connectivity index (χ0n) is 11.0. The van der Waals surface area contributed by atoms with Gasteiger partial charge in [0.05, 0.1) is 38.8 Å². The molecule has 0 spiro atoms. The molecular weight excluding hydrogens is 248 g/mol. The Morgan fingerprint density at radius 1 is 1.21 bits per heavy atom. The number of ether oxygens (including phenoxy) is 3. The first-order chi connectivity index (χ1) is 9.30. The van der Waals surface area contributed by atoms with E-state index in [1.807, 2.05) is 6.07 Å². The highest BCUT2D eigenvalue weighted by Crippen LogP contribution is 2.40. The zero-order chi connectivity index (χ0) is 13.7. The lowest BCUT2D eigenvalue weighted by Gasteiger charge is -2.30. The molecule has 7 heteroatoms. The minimum Gasteiger partial charge on any atom is -0.496 e. The quantitative estimate of drug-likeness (QED) is 0.475. The van der Waals surface area contributed by atoms with Crippen LogP contribution in [-0.4, -0.2) is 40.5 Å². The smallest absolute Gasteiger partial charge is 0.142 e. The number of anilines is 1. The van der Waals surface area contributed by atoms with Crippen LogP contribution < -0.4 is 14.4 Å². The van der Waals surface area contributed by atoms with Crippen molar-refractivity contribution < 1.29 is 14.2 Å². The van der Waals surface area contributed by atoms with Crippen molar-refractivity contribution >= 4 is 11.4 Å². The maximum absolute atomic E-state index is 8.56. The molecule has 0 bridgehead atoms. The highest BCUT2D eigenvalue weighted by atomic mass is 16.5. The van der Waals surface area contributed by atoms with Crippen molar-refractivity contribution in [1.82, 2.24) is 0 Å². The van der Waals surface area contributed by atoms with Crippen LogP contribution in [0.15, 0.2) is 17.2 Å². The van der Waals surface area contributed by atoms with Gasteiger partial charge in [0, 0.05) is 24.1 Å². The molecule has 0 atom stereocenters. The first-order valence-electron chi connectivity index (χ1n) is 5.94. The number of nitrogens with zero attached hydrogens (tertiary/aromatic N) is 4. The maximum Gasteiger partial charge on any atom is 0.142 e. The second-order valence-electron chi connectivity index (χ2n) is 3.98. The lowest BCUT2D eigenvalue weighted by Crippen LogP contribution is -2.36. The second kappa shape index (κ2) is 6.17. The Bertz CT molecular complexity index is 494. The standard InChI is InChI=1S/C12H16N4O3/c1-17-11-8-10(16-3-5-19-6-4-16)12(18-2)7-9(11)14-15-13/h7-8H,3-6H2,1-2H3. The molecule has 0 N–H and O–H groups in total. The lowest BCUT2D eigenvalue weighted by atomic mass is 10.2. The topological polar surface area (TPSA) is 79.7 Å². The van der Waals surface area contributed by atoms with Gasteiger partial charge in [-0.3, -0.25) is 0 Å². The van der Waals surface area contributed by atoms with E-state index in [9.17, 15) is 0 Å². The number of hydrogen-bond donors (Lipinski definition) is 0. The second-order valence-corrected chi connectivity index (χ2v) is 3.98. The molecule has 1 saturated heterocycles. The Labute approximate surface area is 111 Å². The van der Waals surface area contributed by atoms with Gasteiger partial charge in [0.15, 0.2) is 0 Å². The van der Waals surface area contributed by atoms with Gasteiger partial charge < -0.3 is 19.1 Å². The van der Waals surface area contributed by atoms with Crippen molar-refractivity contribution in [2.75, 3.05) is 45.4 Å². The largest absolute Gasteiger partial charge is 0.496 e. The number of methoxy groups -OCH3 is 2. The van der Waals surface area contributed by atoms with Crippen LogP contribution in [0.1, 0.15) is 0 Å². The molecule has 7 nitrogen and oxygen atoms in total. The molecule has 0 aliphatic carbocycles. The summed E-state index contributed by atoms with van der Waals surface area (Å²) in [5.41, 5.74) is 9.89. The Balaban J connectivity index is 2.43. The predicted octanol–water partition coefficient (Wildman–Crippen LogP) is 2.48. The molecule has 1 aromatic rings. The SMILES string of the molecule is COc1cc(N2CCOCC2)c(OC)cc1N=[N+]=[N-]. The molecule has 1 aliphatic heterocycles. The van der Waals surface area contributed by atoms with Gasteiger partial charge in [-0.25, -0.2) is 0 Å². The molecule has 102 valence electrons. The van der Waals surface area contributed by atoms with Gasteiger partial charge in [-0.15, -0.1) is 0 Å². The summed E-state index contributed by atoms with van der Waals surface area (Å²) in [5, 5.41) is 3.60. The molecule has 1 aromatic carbocycles. The molecule has 19 heavy (non-hydrogen) atoms. The molecule has 1 heterocycles. The highest BCUT2D eigenvalue weighted by molar-refractivity contribution is 5.70. The van der Waals surface area contributed by atoms with Crippen molar-refractivity contribution in [3.63, 3.8) is 0 Å². The van der Waals surface area contributed by atoms with Crippen molar-refractivity contribution in [2.24, 2.45) is 5.11 Å². The van der Waals surface area contributed by atoms with Crippen LogP contribution >= 0.6 is 0 Å². The van der Waals surface area contributed by atoms with Gasteiger partial charge in [0.2, 0.25) is 0 Å². The zero-order valence-corrected chi connectivity index (χ0v) is 11.0. The lowest BCUT2D eigenvalue weighted by molar-refractivity contribution is 0.122. The van der Waals surface area contributed by atoms with Crippen LogP contribution in [0.2, 0.25) is 0 Å². The molecule has 1 fully saturated rings. The Kier molecular flexibility index (Phi) is 4.33. The maximum atomic E-state index is 8.56. The molecule has 0 radical (unpaired) electrons. The van der Waals surface area contributed by atoms with E-state index in [4.69, 9.17) is 19.7 Å².